The molecule has 5 nitrogen and oxygen atoms in total. The molecule has 1 fully saturated rings. The third-order valence-electron chi connectivity index (χ3n) is 3.71. The minimum Gasteiger partial charge on any atom is -0.467 e. The molecule has 0 spiro atoms. The Bertz CT molecular complexity index is 391. The molecule has 0 bridgehead atoms. The van der Waals surface area contributed by atoms with Gasteiger partial charge in [0.15, 0.2) is 0 Å². The Kier molecular flexibility index (Phi) is 4.99. The molecule has 0 saturated carbocycles. The first kappa shape index (κ1) is 14.1. The number of piperidine rings is 1. The number of rotatable bonds is 5. The van der Waals surface area contributed by atoms with Gasteiger partial charge in [0.2, 0.25) is 5.91 Å². The van der Waals surface area contributed by atoms with Crippen LogP contribution in [0.3, 0.4) is 0 Å². The number of aliphatic hydroxyl groups is 1. The van der Waals surface area contributed by atoms with E-state index in [-0.39, 0.29) is 18.6 Å². The highest BCUT2D eigenvalue weighted by Gasteiger charge is 2.29. The van der Waals surface area contributed by atoms with Gasteiger partial charge in [-0.15, -0.1) is 0 Å². The molecule has 1 aromatic rings. The predicted molar refractivity (Wildman–Crippen MR) is 71.6 cm³/mol. The lowest BCUT2D eigenvalue weighted by atomic mass is 10.0. The summed E-state index contributed by atoms with van der Waals surface area (Å²) >= 11 is 0. The quantitative estimate of drug-likeness (QED) is 0.843. The number of carbonyl (C=O) groups excluding carboxylic acids is 1. The summed E-state index contributed by atoms with van der Waals surface area (Å²) in [4.78, 5) is 14.5. The van der Waals surface area contributed by atoms with Crippen LogP contribution < -0.4 is 5.32 Å². The second-order valence-electron chi connectivity index (χ2n) is 4.90. The number of nitrogens with one attached hydrogen (secondary N) is 1. The summed E-state index contributed by atoms with van der Waals surface area (Å²) in [6, 6.07) is 2.98. The maximum Gasteiger partial charge on any atom is 0.238 e. The number of likely N-dealkylation sites (N-methyl/N-ethyl adjacent to an activating group) is 1. The lowest BCUT2D eigenvalue weighted by Crippen LogP contribution is -2.50. The monoisotopic (exact) mass is 266 g/mol. The molecule has 0 aliphatic carbocycles. The number of amides is 1. The van der Waals surface area contributed by atoms with Crippen LogP contribution >= 0.6 is 0 Å². The van der Waals surface area contributed by atoms with Gasteiger partial charge < -0.3 is 14.8 Å². The van der Waals surface area contributed by atoms with Crippen LogP contribution in [-0.4, -0.2) is 41.7 Å². The van der Waals surface area contributed by atoms with Gasteiger partial charge in [0.1, 0.15) is 11.8 Å². The molecule has 5 heteroatoms. The van der Waals surface area contributed by atoms with E-state index >= 15 is 0 Å². The van der Waals surface area contributed by atoms with Gasteiger partial charge in [-0.1, -0.05) is 13.3 Å². The minimum absolute atomic E-state index is 0.0167. The summed E-state index contributed by atoms with van der Waals surface area (Å²) in [5, 5.41) is 12.3. The van der Waals surface area contributed by atoms with E-state index in [0.717, 1.165) is 32.4 Å². The third-order valence-corrected chi connectivity index (χ3v) is 3.71. The van der Waals surface area contributed by atoms with Gasteiger partial charge in [-0.05, 0) is 38.1 Å². The van der Waals surface area contributed by atoms with Gasteiger partial charge in [-0.25, -0.2) is 0 Å². The van der Waals surface area contributed by atoms with E-state index < -0.39 is 6.04 Å². The average Bonchev–Trinajstić information content (AvgIpc) is 2.98. The van der Waals surface area contributed by atoms with E-state index in [9.17, 15) is 9.90 Å². The Hall–Kier alpha value is -1.33. The van der Waals surface area contributed by atoms with Crippen molar-refractivity contribution in [2.75, 3.05) is 19.7 Å². The van der Waals surface area contributed by atoms with Crippen molar-refractivity contribution < 1.29 is 14.3 Å². The molecule has 19 heavy (non-hydrogen) atoms. The zero-order valence-electron chi connectivity index (χ0n) is 11.3. The fourth-order valence-corrected chi connectivity index (χ4v) is 2.63. The molecule has 106 valence electrons. The molecule has 1 aliphatic rings. The Morgan fingerprint density at radius 1 is 1.63 bits per heavy atom. The van der Waals surface area contributed by atoms with Crippen molar-refractivity contribution in [1.82, 2.24) is 10.2 Å². The highest BCUT2D eigenvalue weighted by atomic mass is 16.3. The standard InChI is InChI=1S/C14H22N2O3/c1-2-16-8-4-3-6-12(16)14(18)15-11(10-17)13-7-5-9-19-13/h5,7,9,11-12,17H,2-4,6,8,10H2,1H3,(H,15,18). The summed E-state index contributed by atoms with van der Waals surface area (Å²) in [6.45, 7) is 3.77. The van der Waals surface area contributed by atoms with Gasteiger partial charge in [-0.2, -0.15) is 0 Å². The van der Waals surface area contributed by atoms with Crippen LogP contribution in [0, 0.1) is 0 Å². The lowest BCUT2D eigenvalue weighted by molar-refractivity contribution is -0.128. The summed E-state index contributed by atoms with van der Waals surface area (Å²) in [5.74, 6) is 0.576. The smallest absolute Gasteiger partial charge is 0.238 e. The molecule has 1 saturated heterocycles. The van der Waals surface area contributed by atoms with Crippen molar-refractivity contribution in [2.45, 2.75) is 38.3 Å². The first-order valence-electron chi connectivity index (χ1n) is 6.95. The molecule has 2 heterocycles. The normalized spacial score (nSPS) is 22.1. The molecule has 2 unspecified atom stereocenters. The minimum atomic E-state index is -0.455. The van der Waals surface area contributed by atoms with Crippen molar-refractivity contribution in [3.63, 3.8) is 0 Å². The van der Waals surface area contributed by atoms with Gasteiger partial charge >= 0.3 is 0 Å². The van der Waals surface area contributed by atoms with Gasteiger partial charge in [0, 0.05) is 0 Å². The predicted octanol–water partition coefficient (Wildman–Crippen LogP) is 1.30. The van der Waals surface area contributed by atoms with E-state index in [4.69, 9.17) is 4.42 Å². The molecule has 0 radical (unpaired) electrons. The Morgan fingerprint density at radius 2 is 2.47 bits per heavy atom. The van der Waals surface area contributed by atoms with Crippen molar-refractivity contribution in [2.24, 2.45) is 0 Å². The molecular weight excluding hydrogens is 244 g/mol. The second-order valence-corrected chi connectivity index (χ2v) is 4.90. The number of nitrogens with zero attached hydrogens (tertiary/aromatic N) is 1. The maximum absolute atomic E-state index is 12.3. The summed E-state index contributed by atoms with van der Waals surface area (Å²) in [6.07, 6.45) is 4.66. The number of hydrogen-bond donors (Lipinski definition) is 2. The first-order chi connectivity index (χ1) is 9.26. The number of likely N-dealkylation sites (tertiary alicyclic amines) is 1. The van der Waals surface area contributed by atoms with Crippen LogP contribution in [0.1, 0.15) is 38.0 Å². The van der Waals surface area contributed by atoms with Crippen LogP contribution in [0.25, 0.3) is 0 Å². The van der Waals surface area contributed by atoms with Crippen molar-refractivity contribution in [1.29, 1.82) is 0 Å². The molecular formula is C14H22N2O3. The second kappa shape index (κ2) is 6.73. The maximum atomic E-state index is 12.3. The topological polar surface area (TPSA) is 65.7 Å². The van der Waals surface area contributed by atoms with Crippen LogP contribution in [0.2, 0.25) is 0 Å². The molecule has 2 atom stereocenters. The van der Waals surface area contributed by atoms with Gasteiger partial charge in [0.25, 0.3) is 0 Å². The van der Waals surface area contributed by atoms with Crippen LogP contribution in [0.4, 0.5) is 0 Å². The lowest BCUT2D eigenvalue weighted by Gasteiger charge is -2.34. The highest BCUT2D eigenvalue weighted by Crippen LogP contribution is 2.19. The molecule has 1 aromatic heterocycles. The van der Waals surface area contributed by atoms with Gasteiger partial charge in [-0.3, -0.25) is 9.69 Å². The average molecular weight is 266 g/mol. The first-order valence-corrected chi connectivity index (χ1v) is 6.95. The highest BCUT2D eigenvalue weighted by molar-refractivity contribution is 5.82. The van der Waals surface area contributed by atoms with Crippen molar-refractivity contribution in [3.8, 4) is 0 Å². The number of hydrogen-bond acceptors (Lipinski definition) is 4. The van der Waals surface area contributed by atoms with Crippen LogP contribution in [0.15, 0.2) is 22.8 Å². The molecule has 2 rings (SSSR count). The van der Waals surface area contributed by atoms with E-state index in [1.165, 1.54) is 0 Å². The van der Waals surface area contributed by atoms with Crippen LogP contribution in [0.5, 0.6) is 0 Å². The van der Waals surface area contributed by atoms with E-state index in [2.05, 4.69) is 17.1 Å². The Morgan fingerprint density at radius 3 is 3.11 bits per heavy atom. The zero-order chi connectivity index (χ0) is 13.7. The van der Waals surface area contributed by atoms with Gasteiger partial charge in [0.05, 0.1) is 18.9 Å². The molecule has 1 aliphatic heterocycles. The fourth-order valence-electron chi connectivity index (χ4n) is 2.63. The van der Waals surface area contributed by atoms with E-state index in [1.54, 1.807) is 18.4 Å². The summed E-state index contributed by atoms with van der Waals surface area (Å²) in [7, 11) is 0. The Labute approximate surface area is 113 Å². The fraction of sp³-hybridized carbons (Fsp3) is 0.643. The molecule has 2 N–H and O–H groups in total. The van der Waals surface area contributed by atoms with Crippen molar-refractivity contribution >= 4 is 5.91 Å². The number of carbonyl (C=O) groups is 1. The van der Waals surface area contributed by atoms with E-state index in [0.29, 0.717) is 5.76 Å². The Balaban J connectivity index is 1.98. The van der Waals surface area contributed by atoms with Crippen molar-refractivity contribution in [3.05, 3.63) is 24.2 Å². The molecule has 0 aromatic carbocycles. The summed E-state index contributed by atoms with van der Waals surface area (Å²) < 4.78 is 5.24. The third kappa shape index (κ3) is 3.36. The van der Waals surface area contributed by atoms with Crippen LogP contribution in [-0.2, 0) is 4.79 Å². The largest absolute Gasteiger partial charge is 0.467 e. The number of aliphatic hydroxyl groups excluding tert-OH is 1. The SMILES string of the molecule is CCN1CCCCC1C(=O)NC(CO)c1ccco1. The summed E-state index contributed by atoms with van der Waals surface area (Å²) in [5.41, 5.74) is 0. The molecule has 1 amide bonds. The number of furan rings is 1. The van der Waals surface area contributed by atoms with E-state index in [1.807, 2.05) is 0 Å². The zero-order valence-corrected chi connectivity index (χ0v) is 11.3.